The van der Waals surface area contributed by atoms with Crippen LogP contribution in [0.1, 0.15) is 18.4 Å². The molecule has 0 saturated carbocycles. The molecule has 94 valence electrons. The summed E-state index contributed by atoms with van der Waals surface area (Å²) in [5.41, 5.74) is 1.30. The van der Waals surface area contributed by atoms with E-state index >= 15 is 0 Å². The van der Waals surface area contributed by atoms with Crippen LogP contribution >= 0.6 is 0 Å². The van der Waals surface area contributed by atoms with Crippen LogP contribution in [0.4, 0.5) is 0 Å². The Kier molecular flexibility index (Phi) is 3.84. The molecule has 3 nitrogen and oxygen atoms in total. The smallest absolute Gasteiger partial charge is 0.150 e. The predicted molar refractivity (Wildman–Crippen MR) is 69.6 cm³/mol. The van der Waals surface area contributed by atoms with Gasteiger partial charge >= 0.3 is 0 Å². The van der Waals surface area contributed by atoms with E-state index in [4.69, 9.17) is 0 Å². The molecule has 1 aliphatic rings. The van der Waals surface area contributed by atoms with Gasteiger partial charge in [-0.25, -0.2) is 8.42 Å². The topological polar surface area (TPSA) is 37.4 Å². The molecule has 0 bridgehead atoms. The van der Waals surface area contributed by atoms with Gasteiger partial charge in [0, 0.05) is 12.8 Å². The first-order valence-corrected chi connectivity index (χ1v) is 7.96. The van der Waals surface area contributed by atoms with Crippen molar-refractivity contribution in [1.82, 2.24) is 4.90 Å². The summed E-state index contributed by atoms with van der Waals surface area (Å²) >= 11 is 0. The second kappa shape index (κ2) is 5.19. The second-order valence-corrected chi connectivity index (χ2v) is 7.12. The van der Waals surface area contributed by atoms with Crippen LogP contribution < -0.4 is 0 Å². The molecule has 1 aliphatic heterocycles. The minimum absolute atomic E-state index is 0.130. The first-order chi connectivity index (χ1) is 8.05. The van der Waals surface area contributed by atoms with E-state index in [1.807, 2.05) is 18.2 Å². The Morgan fingerprint density at radius 1 is 1.18 bits per heavy atom. The Morgan fingerprint density at radius 2 is 1.76 bits per heavy atom. The monoisotopic (exact) mass is 253 g/mol. The molecule has 0 N–H and O–H groups in total. The molecular weight excluding hydrogens is 234 g/mol. The van der Waals surface area contributed by atoms with Crippen LogP contribution in [-0.4, -0.2) is 37.9 Å². The van der Waals surface area contributed by atoms with Gasteiger partial charge in [0.25, 0.3) is 0 Å². The lowest BCUT2D eigenvalue weighted by Crippen LogP contribution is -2.38. The number of benzene rings is 1. The molecule has 0 radical (unpaired) electrons. The molecule has 1 aromatic carbocycles. The van der Waals surface area contributed by atoms with Crippen molar-refractivity contribution in [2.24, 2.45) is 0 Å². The van der Waals surface area contributed by atoms with Gasteiger partial charge in [0.15, 0.2) is 0 Å². The van der Waals surface area contributed by atoms with Crippen LogP contribution in [-0.2, 0) is 16.4 Å². The van der Waals surface area contributed by atoms with Gasteiger partial charge in [0.05, 0.1) is 5.25 Å². The lowest BCUT2D eigenvalue weighted by Gasteiger charge is -2.30. The number of hydrogen-bond acceptors (Lipinski definition) is 3. The van der Waals surface area contributed by atoms with E-state index in [1.165, 1.54) is 11.8 Å². The SMILES string of the molecule is CS(=O)(=O)C1CCN(Cc2ccccc2)CC1. The highest BCUT2D eigenvalue weighted by Gasteiger charge is 2.26. The van der Waals surface area contributed by atoms with Crippen molar-refractivity contribution in [2.75, 3.05) is 19.3 Å². The standard InChI is InChI=1S/C13H19NO2S/c1-17(15,16)13-7-9-14(10-8-13)11-12-5-3-2-4-6-12/h2-6,13H,7-11H2,1H3. The molecule has 1 saturated heterocycles. The Morgan fingerprint density at radius 3 is 2.29 bits per heavy atom. The maximum atomic E-state index is 11.4. The average molecular weight is 253 g/mol. The van der Waals surface area contributed by atoms with Crippen LogP contribution in [0.5, 0.6) is 0 Å². The van der Waals surface area contributed by atoms with Crippen molar-refractivity contribution in [3.05, 3.63) is 35.9 Å². The lowest BCUT2D eigenvalue weighted by atomic mass is 10.1. The van der Waals surface area contributed by atoms with E-state index in [2.05, 4.69) is 17.0 Å². The highest BCUT2D eigenvalue weighted by atomic mass is 32.2. The highest BCUT2D eigenvalue weighted by Crippen LogP contribution is 2.18. The number of nitrogens with zero attached hydrogens (tertiary/aromatic N) is 1. The van der Waals surface area contributed by atoms with Crippen molar-refractivity contribution in [2.45, 2.75) is 24.6 Å². The van der Waals surface area contributed by atoms with E-state index < -0.39 is 9.84 Å². The Hall–Kier alpha value is -0.870. The fraction of sp³-hybridized carbons (Fsp3) is 0.538. The van der Waals surface area contributed by atoms with Gasteiger partial charge in [0.2, 0.25) is 0 Å². The fourth-order valence-corrected chi connectivity index (χ4v) is 3.40. The quantitative estimate of drug-likeness (QED) is 0.822. The first-order valence-electron chi connectivity index (χ1n) is 6.01. The summed E-state index contributed by atoms with van der Waals surface area (Å²) in [6.45, 7) is 2.69. The van der Waals surface area contributed by atoms with Crippen molar-refractivity contribution in [1.29, 1.82) is 0 Å². The maximum absolute atomic E-state index is 11.4. The molecule has 1 fully saturated rings. The molecule has 0 aliphatic carbocycles. The largest absolute Gasteiger partial charge is 0.299 e. The van der Waals surface area contributed by atoms with E-state index in [0.29, 0.717) is 0 Å². The highest BCUT2D eigenvalue weighted by molar-refractivity contribution is 7.91. The van der Waals surface area contributed by atoms with Gasteiger partial charge in [-0.15, -0.1) is 0 Å². The van der Waals surface area contributed by atoms with E-state index in [1.54, 1.807) is 0 Å². The Bertz CT molecular complexity index is 448. The molecule has 1 heterocycles. The molecule has 0 amide bonds. The number of rotatable bonds is 3. The lowest BCUT2D eigenvalue weighted by molar-refractivity contribution is 0.222. The van der Waals surface area contributed by atoms with Gasteiger partial charge in [-0.3, -0.25) is 4.90 Å². The van der Waals surface area contributed by atoms with E-state index in [0.717, 1.165) is 32.5 Å². The van der Waals surface area contributed by atoms with Crippen LogP contribution in [0, 0.1) is 0 Å². The molecule has 0 atom stereocenters. The summed E-state index contributed by atoms with van der Waals surface area (Å²) in [6.07, 6.45) is 2.89. The van der Waals surface area contributed by atoms with Gasteiger partial charge in [-0.05, 0) is 31.5 Å². The summed E-state index contributed by atoms with van der Waals surface area (Å²) in [4.78, 5) is 2.33. The van der Waals surface area contributed by atoms with Crippen molar-refractivity contribution in [3.63, 3.8) is 0 Å². The summed E-state index contributed by atoms with van der Waals surface area (Å²) in [5, 5.41) is -0.130. The van der Waals surface area contributed by atoms with Crippen LogP contribution in [0.3, 0.4) is 0 Å². The van der Waals surface area contributed by atoms with Crippen LogP contribution in [0.25, 0.3) is 0 Å². The number of sulfone groups is 1. The van der Waals surface area contributed by atoms with Crippen molar-refractivity contribution >= 4 is 9.84 Å². The number of piperidine rings is 1. The molecule has 0 spiro atoms. The zero-order valence-electron chi connectivity index (χ0n) is 10.2. The van der Waals surface area contributed by atoms with Gasteiger partial charge in [-0.2, -0.15) is 0 Å². The maximum Gasteiger partial charge on any atom is 0.150 e. The first kappa shape index (κ1) is 12.6. The van der Waals surface area contributed by atoms with Crippen molar-refractivity contribution in [3.8, 4) is 0 Å². The van der Waals surface area contributed by atoms with Crippen LogP contribution in [0.15, 0.2) is 30.3 Å². The summed E-state index contributed by atoms with van der Waals surface area (Å²) in [7, 11) is -2.85. The Balaban J connectivity index is 1.88. The minimum Gasteiger partial charge on any atom is -0.299 e. The van der Waals surface area contributed by atoms with Crippen molar-refractivity contribution < 1.29 is 8.42 Å². The third-order valence-electron chi connectivity index (χ3n) is 3.39. The molecule has 1 aromatic rings. The molecular formula is C13H19NO2S. The minimum atomic E-state index is -2.85. The third-order valence-corrected chi connectivity index (χ3v) is 5.07. The number of hydrogen-bond donors (Lipinski definition) is 0. The van der Waals surface area contributed by atoms with Gasteiger partial charge < -0.3 is 0 Å². The number of likely N-dealkylation sites (tertiary alicyclic amines) is 1. The summed E-state index contributed by atoms with van der Waals surface area (Å²) in [6, 6.07) is 10.3. The summed E-state index contributed by atoms with van der Waals surface area (Å²) < 4.78 is 22.9. The second-order valence-electron chi connectivity index (χ2n) is 4.79. The third kappa shape index (κ3) is 3.54. The van der Waals surface area contributed by atoms with E-state index in [9.17, 15) is 8.42 Å². The normalized spacial score (nSPS) is 19.4. The molecule has 0 aromatic heterocycles. The predicted octanol–water partition coefficient (Wildman–Crippen LogP) is 1.70. The molecule has 4 heteroatoms. The van der Waals surface area contributed by atoms with E-state index in [-0.39, 0.29) is 5.25 Å². The van der Waals surface area contributed by atoms with Gasteiger partial charge in [-0.1, -0.05) is 30.3 Å². The zero-order valence-corrected chi connectivity index (χ0v) is 11.0. The van der Waals surface area contributed by atoms with Crippen LogP contribution in [0.2, 0.25) is 0 Å². The molecule has 2 rings (SSSR count). The Labute approximate surface area is 103 Å². The average Bonchev–Trinajstić information content (AvgIpc) is 2.30. The molecule has 17 heavy (non-hydrogen) atoms. The van der Waals surface area contributed by atoms with Gasteiger partial charge in [0.1, 0.15) is 9.84 Å². The molecule has 0 unspecified atom stereocenters. The fourth-order valence-electron chi connectivity index (χ4n) is 2.34. The summed E-state index contributed by atoms with van der Waals surface area (Å²) in [5.74, 6) is 0. The zero-order chi connectivity index (χ0) is 12.3.